The molecule has 22 heavy (non-hydrogen) atoms. The number of hydrogen-bond acceptors (Lipinski definition) is 1. The second-order valence-electron chi connectivity index (χ2n) is 7.87. The van der Waals surface area contributed by atoms with Gasteiger partial charge in [-0.25, -0.2) is 0 Å². The van der Waals surface area contributed by atoms with E-state index in [1.54, 1.807) is 0 Å². The summed E-state index contributed by atoms with van der Waals surface area (Å²) in [5.74, 6) is 3.53. The molecule has 0 fully saturated rings. The van der Waals surface area contributed by atoms with Gasteiger partial charge in [-0.3, -0.25) is 0 Å². The van der Waals surface area contributed by atoms with Crippen molar-refractivity contribution in [3.8, 4) is 0 Å². The van der Waals surface area contributed by atoms with Crippen molar-refractivity contribution in [3.05, 3.63) is 12.3 Å². The Labute approximate surface area is 140 Å². The van der Waals surface area contributed by atoms with E-state index < -0.39 is 0 Å². The van der Waals surface area contributed by atoms with E-state index in [9.17, 15) is 0 Å². The van der Waals surface area contributed by atoms with Gasteiger partial charge in [0.25, 0.3) is 0 Å². The molecule has 0 aromatic heterocycles. The molecule has 0 heterocycles. The minimum Gasteiger partial charge on any atom is -0.499 e. The quantitative estimate of drug-likeness (QED) is 0.227. The zero-order valence-electron chi connectivity index (χ0n) is 16.1. The van der Waals surface area contributed by atoms with Crippen LogP contribution >= 0.6 is 0 Å². The molecule has 2 unspecified atom stereocenters. The molecule has 0 N–H and O–H groups in total. The maximum Gasteiger partial charge on any atom is 0.0876 e. The summed E-state index contributed by atoms with van der Waals surface area (Å²) in [6, 6.07) is 0. The lowest BCUT2D eigenvalue weighted by atomic mass is 9.92. The molecule has 0 amide bonds. The fourth-order valence-corrected chi connectivity index (χ4v) is 3.00. The smallest absolute Gasteiger partial charge is 0.0876 e. The van der Waals surface area contributed by atoms with Gasteiger partial charge in [0.2, 0.25) is 0 Å². The molecular formula is C21H42O. The Hall–Kier alpha value is -0.460. The first-order chi connectivity index (χ1) is 10.4. The maximum atomic E-state index is 5.39. The molecule has 0 saturated heterocycles. The first kappa shape index (κ1) is 21.5. The Morgan fingerprint density at radius 2 is 1.23 bits per heavy atom. The summed E-state index contributed by atoms with van der Waals surface area (Å²) >= 11 is 0. The number of rotatable bonds is 15. The maximum absolute atomic E-state index is 5.39. The number of allylic oxidation sites excluding steroid dienone is 1. The highest BCUT2D eigenvalue weighted by atomic mass is 16.5. The summed E-state index contributed by atoms with van der Waals surface area (Å²) < 4.78 is 5.39. The summed E-state index contributed by atoms with van der Waals surface area (Å²) in [5.41, 5.74) is 0. The lowest BCUT2D eigenvalue weighted by Gasteiger charge is -2.15. The number of hydrogen-bond donors (Lipinski definition) is 0. The largest absolute Gasteiger partial charge is 0.499 e. The number of unbranched alkanes of at least 4 members (excludes halogenated alkanes) is 2. The molecule has 132 valence electrons. The van der Waals surface area contributed by atoms with Crippen molar-refractivity contribution in [1.82, 2.24) is 0 Å². The van der Waals surface area contributed by atoms with E-state index in [4.69, 9.17) is 4.74 Å². The normalized spacial score (nSPS) is 14.1. The second-order valence-corrected chi connectivity index (χ2v) is 7.87. The van der Waals surface area contributed by atoms with Crippen molar-refractivity contribution in [2.45, 2.75) is 98.8 Å². The van der Waals surface area contributed by atoms with Crippen molar-refractivity contribution in [1.29, 1.82) is 0 Å². The van der Waals surface area contributed by atoms with Crippen LogP contribution in [0.1, 0.15) is 98.8 Å². The molecule has 0 bridgehead atoms. The zero-order valence-corrected chi connectivity index (χ0v) is 16.1. The van der Waals surface area contributed by atoms with Gasteiger partial charge in [0.15, 0.2) is 0 Å². The first-order valence-corrected chi connectivity index (χ1v) is 9.70. The molecule has 0 aliphatic heterocycles. The van der Waals surface area contributed by atoms with Crippen LogP contribution in [0.25, 0.3) is 0 Å². The molecule has 0 spiro atoms. The Balaban J connectivity index is 3.37. The minimum atomic E-state index is 0.843. The van der Waals surface area contributed by atoms with Gasteiger partial charge in [-0.05, 0) is 31.1 Å². The van der Waals surface area contributed by atoms with Crippen molar-refractivity contribution >= 4 is 0 Å². The average Bonchev–Trinajstić information content (AvgIpc) is 2.42. The standard InChI is InChI=1S/C21H42O/c1-18(2)12-10-14-21(6)16-11-15-20(5)13-8-7-9-17-22-19(3)4/h18,20-21H,3,7-17H2,1-2,4-6H3. The van der Waals surface area contributed by atoms with Crippen LogP contribution in [0.2, 0.25) is 0 Å². The lowest BCUT2D eigenvalue weighted by molar-refractivity contribution is 0.207. The fourth-order valence-electron chi connectivity index (χ4n) is 3.00. The molecule has 0 radical (unpaired) electrons. The van der Waals surface area contributed by atoms with Crippen LogP contribution in [0, 0.1) is 17.8 Å². The molecule has 0 rings (SSSR count). The van der Waals surface area contributed by atoms with Gasteiger partial charge in [-0.2, -0.15) is 0 Å². The van der Waals surface area contributed by atoms with Crippen LogP contribution in [0.3, 0.4) is 0 Å². The van der Waals surface area contributed by atoms with E-state index in [2.05, 4.69) is 34.3 Å². The second kappa shape index (κ2) is 14.2. The Bertz CT molecular complexity index is 257. The summed E-state index contributed by atoms with van der Waals surface area (Å²) in [4.78, 5) is 0. The van der Waals surface area contributed by atoms with Crippen molar-refractivity contribution in [2.24, 2.45) is 17.8 Å². The van der Waals surface area contributed by atoms with Gasteiger partial charge in [-0.15, -0.1) is 0 Å². The molecule has 0 aliphatic carbocycles. The van der Waals surface area contributed by atoms with E-state index in [1.807, 2.05) is 6.92 Å². The van der Waals surface area contributed by atoms with Crippen LogP contribution in [-0.2, 0) is 4.74 Å². The van der Waals surface area contributed by atoms with Crippen molar-refractivity contribution in [2.75, 3.05) is 6.61 Å². The molecule has 2 atom stereocenters. The summed E-state index contributed by atoms with van der Waals surface area (Å²) in [5, 5.41) is 0. The van der Waals surface area contributed by atoms with Crippen LogP contribution < -0.4 is 0 Å². The van der Waals surface area contributed by atoms with Gasteiger partial charge < -0.3 is 4.74 Å². The van der Waals surface area contributed by atoms with Crippen LogP contribution in [0.5, 0.6) is 0 Å². The summed E-state index contributed by atoms with van der Waals surface area (Å²) in [7, 11) is 0. The lowest BCUT2D eigenvalue weighted by Crippen LogP contribution is -2.00. The summed E-state index contributed by atoms with van der Waals surface area (Å²) in [6.45, 7) is 16.0. The average molecular weight is 311 g/mol. The van der Waals surface area contributed by atoms with Gasteiger partial charge in [-0.1, -0.05) is 92.1 Å². The molecule has 1 heteroatoms. The van der Waals surface area contributed by atoms with Crippen molar-refractivity contribution in [3.63, 3.8) is 0 Å². The highest BCUT2D eigenvalue weighted by Crippen LogP contribution is 2.21. The molecule has 0 saturated carbocycles. The topological polar surface area (TPSA) is 9.23 Å². The Morgan fingerprint density at radius 1 is 0.727 bits per heavy atom. The molecule has 0 aliphatic rings. The summed E-state index contributed by atoms with van der Waals surface area (Å²) in [6.07, 6.45) is 13.7. The van der Waals surface area contributed by atoms with E-state index in [1.165, 1.54) is 64.2 Å². The molecule has 1 nitrogen and oxygen atoms in total. The predicted octanol–water partition coefficient (Wildman–Crippen LogP) is 7.37. The SMILES string of the molecule is C=C(C)OCCCCCC(C)CCCC(C)CCCC(C)C. The van der Waals surface area contributed by atoms with E-state index in [-0.39, 0.29) is 0 Å². The Kier molecular flexibility index (Phi) is 13.9. The third-order valence-electron chi connectivity index (χ3n) is 4.56. The van der Waals surface area contributed by atoms with E-state index in [0.717, 1.165) is 30.1 Å². The monoisotopic (exact) mass is 310 g/mol. The van der Waals surface area contributed by atoms with E-state index >= 15 is 0 Å². The Morgan fingerprint density at radius 3 is 1.73 bits per heavy atom. The first-order valence-electron chi connectivity index (χ1n) is 9.70. The van der Waals surface area contributed by atoms with Crippen LogP contribution in [-0.4, -0.2) is 6.61 Å². The van der Waals surface area contributed by atoms with Crippen LogP contribution in [0.4, 0.5) is 0 Å². The molecule has 0 aromatic carbocycles. The van der Waals surface area contributed by atoms with Gasteiger partial charge in [0.05, 0.1) is 12.4 Å². The highest BCUT2D eigenvalue weighted by molar-refractivity contribution is 4.73. The molecule has 0 aromatic rings. The molecular weight excluding hydrogens is 268 g/mol. The fraction of sp³-hybridized carbons (Fsp3) is 0.905. The van der Waals surface area contributed by atoms with E-state index in [0.29, 0.717) is 0 Å². The zero-order chi connectivity index (χ0) is 16.8. The highest BCUT2D eigenvalue weighted by Gasteiger charge is 2.06. The van der Waals surface area contributed by atoms with Gasteiger partial charge in [0, 0.05) is 0 Å². The minimum absolute atomic E-state index is 0.843. The van der Waals surface area contributed by atoms with Crippen LogP contribution in [0.15, 0.2) is 12.3 Å². The number of ether oxygens (including phenoxy) is 1. The third-order valence-corrected chi connectivity index (χ3v) is 4.56. The van der Waals surface area contributed by atoms with Crippen molar-refractivity contribution < 1.29 is 4.74 Å². The van der Waals surface area contributed by atoms with Gasteiger partial charge >= 0.3 is 0 Å². The predicted molar refractivity (Wildman–Crippen MR) is 100 cm³/mol. The van der Waals surface area contributed by atoms with Gasteiger partial charge in [0.1, 0.15) is 0 Å². The third kappa shape index (κ3) is 15.9.